The molecule has 4 aliphatic rings. The summed E-state index contributed by atoms with van der Waals surface area (Å²) in [5, 5.41) is 20.5. The fraction of sp³-hybridized carbons (Fsp3) is 0.818. The molecular formula is C22H31NO2. The number of hydrogen-bond acceptors (Lipinski definition) is 3. The highest BCUT2D eigenvalue weighted by Gasteiger charge is 2.63. The van der Waals surface area contributed by atoms with Crippen LogP contribution in [-0.2, 0) is 4.79 Å². The zero-order chi connectivity index (χ0) is 18.2. The minimum atomic E-state index is -0.548. The van der Waals surface area contributed by atoms with Crippen molar-refractivity contribution in [1.82, 2.24) is 0 Å². The number of allylic oxidation sites excluding steroid dienone is 1. The van der Waals surface area contributed by atoms with Gasteiger partial charge in [-0.1, -0.05) is 19.4 Å². The maximum atomic E-state index is 12.5. The molecule has 0 unspecified atom stereocenters. The normalized spacial score (nSPS) is 52.2. The third kappa shape index (κ3) is 2.04. The summed E-state index contributed by atoms with van der Waals surface area (Å²) in [6, 6.07) is 2.28. The molecule has 0 aromatic carbocycles. The first-order chi connectivity index (χ1) is 11.7. The third-order valence-corrected chi connectivity index (χ3v) is 9.16. The third-order valence-electron chi connectivity index (χ3n) is 9.16. The number of aliphatic hydroxyl groups is 1. The van der Waals surface area contributed by atoms with E-state index in [2.05, 4.69) is 19.9 Å². The van der Waals surface area contributed by atoms with Crippen LogP contribution in [0.15, 0.2) is 11.1 Å². The zero-order valence-electron chi connectivity index (χ0n) is 16.1. The predicted octanol–water partition coefficient (Wildman–Crippen LogP) is 4.41. The van der Waals surface area contributed by atoms with Crippen LogP contribution in [0.25, 0.3) is 0 Å². The van der Waals surface area contributed by atoms with Gasteiger partial charge in [-0.05, 0) is 93.0 Å². The van der Waals surface area contributed by atoms with Crippen molar-refractivity contribution in [3.8, 4) is 6.07 Å². The quantitative estimate of drug-likeness (QED) is 0.710. The van der Waals surface area contributed by atoms with Gasteiger partial charge in [0.1, 0.15) is 5.92 Å². The van der Waals surface area contributed by atoms with Crippen LogP contribution in [0.4, 0.5) is 0 Å². The summed E-state index contributed by atoms with van der Waals surface area (Å²) in [5.41, 5.74) is 1.70. The first-order valence-electron chi connectivity index (χ1n) is 10.0. The molecule has 7 atom stereocenters. The van der Waals surface area contributed by atoms with Gasteiger partial charge >= 0.3 is 0 Å². The Morgan fingerprint density at radius 1 is 1.12 bits per heavy atom. The molecule has 0 saturated heterocycles. The smallest absolute Gasteiger partial charge is 0.175 e. The van der Waals surface area contributed by atoms with E-state index in [-0.39, 0.29) is 16.6 Å². The standard InChI is InChI=1S/C22H31NO2/c1-13-16-6-5-15-17(20(16,2)11-14(12-23)19(13)24)7-9-21(3)18(15)8-10-22(21,4)25/h14-15,17-18,25H,5-11H2,1-4H3/t14-,15+,17-,18-,20-,21-,22-/m0/s1. The molecule has 3 fully saturated rings. The molecule has 0 spiro atoms. The molecular weight excluding hydrogens is 310 g/mol. The lowest BCUT2D eigenvalue weighted by atomic mass is 9.45. The molecule has 0 amide bonds. The minimum Gasteiger partial charge on any atom is -0.390 e. The lowest BCUT2D eigenvalue weighted by Gasteiger charge is -2.59. The lowest BCUT2D eigenvalue weighted by Crippen LogP contribution is -2.54. The number of hydrogen-bond donors (Lipinski definition) is 1. The van der Waals surface area contributed by atoms with Gasteiger partial charge in [-0.15, -0.1) is 0 Å². The van der Waals surface area contributed by atoms with Crippen molar-refractivity contribution in [1.29, 1.82) is 5.26 Å². The zero-order valence-corrected chi connectivity index (χ0v) is 16.1. The van der Waals surface area contributed by atoms with Crippen molar-refractivity contribution in [3.05, 3.63) is 11.1 Å². The highest BCUT2D eigenvalue weighted by molar-refractivity contribution is 6.00. The predicted molar refractivity (Wildman–Crippen MR) is 96.4 cm³/mol. The van der Waals surface area contributed by atoms with E-state index < -0.39 is 11.5 Å². The number of nitrogens with zero attached hydrogens (tertiary/aromatic N) is 1. The number of Topliss-reactive ketones (excluding diaryl/α,β-unsaturated/α-hetero) is 1. The van der Waals surface area contributed by atoms with Crippen LogP contribution in [0.2, 0.25) is 0 Å². The van der Waals surface area contributed by atoms with E-state index in [0.29, 0.717) is 24.2 Å². The topological polar surface area (TPSA) is 61.1 Å². The summed E-state index contributed by atoms with van der Waals surface area (Å²) < 4.78 is 0. The Hall–Kier alpha value is -1.14. The lowest BCUT2D eigenvalue weighted by molar-refractivity contribution is -0.127. The fourth-order valence-corrected chi connectivity index (χ4v) is 7.47. The van der Waals surface area contributed by atoms with Gasteiger partial charge in [0.2, 0.25) is 0 Å². The summed E-state index contributed by atoms with van der Waals surface area (Å²) in [4.78, 5) is 12.5. The van der Waals surface area contributed by atoms with Crippen molar-refractivity contribution < 1.29 is 9.90 Å². The molecule has 0 aromatic rings. The number of nitriles is 1. The second-order valence-corrected chi connectivity index (χ2v) is 9.96. The second kappa shape index (κ2) is 5.19. The highest BCUT2D eigenvalue weighted by atomic mass is 16.3. The molecule has 0 heterocycles. The van der Waals surface area contributed by atoms with Crippen molar-refractivity contribution in [2.75, 3.05) is 0 Å². The molecule has 1 N–H and O–H groups in total. The minimum absolute atomic E-state index is 0.00289. The van der Waals surface area contributed by atoms with Gasteiger partial charge in [-0.3, -0.25) is 4.79 Å². The summed E-state index contributed by atoms with van der Waals surface area (Å²) in [6.45, 7) is 8.63. The maximum absolute atomic E-state index is 12.5. The van der Waals surface area contributed by atoms with Gasteiger partial charge in [0.05, 0.1) is 11.7 Å². The van der Waals surface area contributed by atoms with Crippen LogP contribution in [0.1, 0.15) is 72.6 Å². The molecule has 0 aromatic heterocycles. The monoisotopic (exact) mass is 341 g/mol. The Labute approximate surface area is 151 Å². The highest BCUT2D eigenvalue weighted by Crippen LogP contribution is 2.68. The fourth-order valence-electron chi connectivity index (χ4n) is 7.47. The molecule has 136 valence electrons. The molecule has 0 aliphatic heterocycles. The van der Waals surface area contributed by atoms with E-state index in [1.54, 1.807) is 0 Å². The summed E-state index contributed by atoms with van der Waals surface area (Å²) >= 11 is 0. The van der Waals surface area contributed by atoms with Gasteiger partial charge in [0, 0.05) is 0 Å². The van der Waals surface area contributed by atoms with E-state index in [1.807, 2.05) is 13.8 Å². The Bertz CT molecular complexity index is 699. The van der Waals surface area contributed by atoms with E-state index in [0.717, 1.165) is 44.1 Å². The van der Waals surface area contributed by atoms with E-state index in [4.69, 9.17) is 0 Å². The Kier molecular flexibility index (Phi) is 3.59. The van der Waals surface area contributed by atoms with E-state index in [1.165, 1.54) is 5.57 Å². The summed E-state index contributed by atoms with van der Waals surface area (Å²) in [6.07, 6.45) is 7.08. The Morgan fingerprint density at radius 3 is 2.48 bits per heavy atom. The van der Waals surface area contributed by atoms with Crippen LogP contribution in [0.3, 0.4) is 0 Å². The number of rotatable bonds is 0. The number of carbonyl (C=O) groups is 1. The largest absolute Gasteiger partial charge is 0.390 e. The Morgan fingerprint density at radius 2 is 1.80 bits per heavy atom. The Balaban J connectivity index is 1.74. The maximum Gasteiger partial charge on any atom is 0.175 e. The van der Waals surface area contributed by atoms with Gasteiger partial charge in [0.25, 0.3) is 0 Å². The van der Waals surface area contributed by atoms with Crippen LogP contribution < -0.4 is 0 Å². The van der Waals surface area contributed by atoms with E-state index in [9.17, 15) is 15.2 Å². The number of ketones is 1. The van der Waals surface area contributed by atoms with Gasteiger partial charge in [-0.25, -0.2) is 0 Å². The molecule has 3 saturated carbocycles. The average molecular weight is 341 g/mol. The van der Waals surface area contributed by atoms with Crippen LogP contribution >= 0.6 is 0 Å². The number of fused-ring (bicyclic) bond motifs is 5. The molecule has 0 bridgehead atoms. The summed E-state index contributed by atoms with van der Waals surface area (Å²) in [5.74, 6) is 1.37. The first-order valence-corrected chi connectivity index (χ1v) is 10.0. The van der Waals surface area contributed by atoms with E-state index >= 15 is 0 Å². The van der Waals surface area contributed by atoms with Gasteiger partial charge in [-0.2, -0.15) is 5.26 Å². The van der Waals surface area contributed by atoms with Crippen molar-refractivity contribution in [2.24, 2.45) is 34.5 Å². The van der Waals surface area contributed by atoms with Gasteiger partial charge in [0.15, 0.2) is 5.78 Å². The molecule has 25 heavy (non-hydrogen) atoms. The number of carbonyl (C=O) groups excluding carboxylic acids is 1. The first kappa shape index (κ1) is 17.3. The van der Waals surface area contributed by atoms with Gasteiger partial charge < -0.3 is 5.11 Å². The van der Waals surface area contributed by atoms with Crippen LogP contribution in [-0.4, -0.2) is 16.5 Å². The molecule has 3 nitrogen and oxygen atoms in total. The van der Waals surface area contributed by atoms with Crippen molar-refractivity contribution >= 4 is 5.78 Å². The van der Waals surface area contributed by atoms with Crippen LogP contribution in [0, 0.1) is 45.8 Å². The average Bonchev–Trinajstić information content (AvgIpc) is 2.81. The second-order valence-electron chi connectivity index (χ2n) is 9.96. The molecule has 4 aliphatic carbocycles. The SMILES string of the molecule is CC1=C2CC[C@@H]3[C@H](CC[C@@]4(C)[C@H]3CC[C@]4(C)O)[C@@]2(C)C[C@@H](C#N)C1=O. The molecule has 3 heteroatoms. The van der Waals surface area contributed by atoms with Crippen LogP contribution in [0.5, 0.6) is 0 Å². The molecule has 4 rings (SSSR count). The van der Waals surface area contributed by atoms with Crippen molar-refractivity contribution in [3.63, 3.8) is 0 Å². The summed E-state index contributed by atoms with van der Waals surface area (Å²) in [7, 11) is 0. The van der Waals surface area contributed by atoms with Crippen molar-refractivity contribution in [2.45, 2.75) is 78.2 Å². The molecule has 0 radical (unpaired) electrons.